The summed E-state index contributed by atoms with van der Waals surface area (Å²) in [5.74, 6) is 1.88. The minimum absolute atomic E-state index is 0. The lowest BCUT2D eigenvalue weighted by molar-refractivity contribution is 0.533. The summed E-state index contributed by atoms with van der Waals surface area (Å²) in [6.45, 7) is 10.4. The molecule has 0 spiro atoms. The number of unbranched alkanes of at least 4 members (excludes halogenated alkanes) is 2. The number of nitrogens with one attached hydrogen (secondary N) is 4. The van der Waals surface area contributed by atoms with Gasteiger partial charge in [-0.3, -0.25) is 0 Å². The highest BCUT2D eigenvalue weighted by Crippen LogP contribution is 2.36. The second-order valence-corrected chi connectivity index (χ2v) is 6.04. The van der Waals surface area contributed by atoms with Crippen molar-refractivity contribution in [1.29, 1.82) is 0 Å². The fraction of sp³-hybridized carbons (Fsp3) is 1.00. The van der Waals surface area contributed by atoms with Crippen molar-refractivity contribution in [2.45, 2.75) is 39.0 Å². The minimum atomic E-state index is 0. The van der Waals surface area contributed by atoms with Gasteiger partial charge in [0.25, 0.3) is 0 Å². The predicted octanol–water partition coefficient (Wildman–Crippen LogP) is 2.18. The lowest BCUT2D eigenvalue weighted by Gasteiger charge is -2.06. The maximum absolute atomic E-state index is 3.61. The van der Waals surface area contributed by atoms with Gasteiger partial charge in [0.2, 0.25) is 0 Å². The third-order valence-electron chi connectivity index (χ3n) is 4.12. The average Bonchev–Trinajstić information content (AvgIpc) is 3.20. The van der Waals surface area contributed by atoms with Gasteiger partial charge in [0, 0.05) is 5.71 Å². The number of hydrogen-bond donors (Lipinski definition) is 4. The van der Waals surface area contributed by atoms with E-state index in [-0.39, 0.29) is 5.71 Å². The van der Waals surface area contributed by atoms with Crippen LogP contribution < -0.4 is 21.3 Å². The Labute approximate surface area is 131 Å². The molecule has 1 aliphatic carbocycles. The highest BCUT2D eigenvalue weighted by molar-refractivity contribution is 4.89. The van der Waals surface area contributed by atoms with E-state index >= 15 is 0 Å². The molecule has 4 nitrogen and oxygen atoms in total. The van der Waals surface area contributed by atoms with Gasteiger partial charge in [-0.05, 0) is 96.8 Å². The minimum Gasteiger partial charge on any atom is -0.320 e. The molecule has 0 aromatic heterocycles. The summed E-state index contributed by atoms with van der Waals surface area (Å²) in [6, 6.07) is 0. The fourth-order valence-electron chi connectivity index (χ4n) is 2.61. The molecule has 0 amide bonds. The van der Waals surface area contributed by atoms with Crippen LogP contribution in [0.5, 0.6) is 0 Å². The molecule has 4 N–H and O–H groups in total. The van der Waals surface area contributed by atoms with E-state index in [4.69, 9.17) is 0 Å². The van der Waals surface area contributed by atoms with Crippen molar-refractivity contribution in [2.75, 3.05) is 52.9 Å². The van der Waals surface area contributed by atoms with Gasteiger partial charge in [-0.2, -0.15) is 0 Å². The third-order valence-corrected chi connectivity index (χ3v) is 4.12. The molecule has 1 fully saturated rings. The van der Waals surface area contributed by atoms with Crippen molar-refractivity contribution >= 4 is 0 Å². The molecular formula is C16H44N4. The molecule has 0 saturated heterocycles. The van der Waals surface area contributed by atoms with Crippen LogP contribution in [0, 0.1) is 11.8 Å². The Balaban J connectivity index is -0.000000500. The Morgan fingerprint density at radius 2 is 1.30 bits per heavy atom. The standard InChI is InChI=1S/C16H36N4.4H2/c1-3-18-9-6-7-11-20-14-16-12-15(16)13-19-10-5-4-8-17-2;;;;/h15-20H,3-14H2,1-2H3;4*1H/t15-,16-;;;;/m0..../s1. The summed E-state index contributed by atoms with van der Waals surface area (Å²) in [5.41, 5.74) is 0. The van der Waals surface area contributed by atoms with Crippen molar-refractivity contribution in [3.05, 3.63) is 0 Å². The van der Waals surface area contributed by atoms with Crippen LogP contribution in [0.3, 0.4) is 0 Å². The first kappa shape index (κ1) is 17.9. The van der Waals surface area contributed by atoms with Crippen LogP contribution in [-0.2, 0) is 0 Å². The van der Waals surface area contributed by atoms with Gasteiger partial charge >= 0.3 is 0 Å². The summed E-state index contributed by atoms with van der Waals surface area (Å²) in [6.07, 6.45) is 6.60. The van der Waals surface area contributed by atoms with Crippen molar-refractivity contribution in [3.63, 3.8) is 0 Å². The molecule has 0 aliphatic heterocycles. The molecular weight excluding hydrogens is 248 g/mol. The zero-order chi connectivity index (χ0) is 14.5. The molecule has 0 radical (unpaired) electrons. The molecule has 0 bridgehead atoms. The lowest BCUT2D eigenvalue weighted by Crippen LogP contribution is -2.23. The first-order valence-corrected chi connectivity index (χ1v) is 8.65. The molecule has 4 heteroatoms. The Morgan fingerprint density at radius 3 is 1.80 bits per heavy atom. The van der Waals surface area contributed by atoms with Crippen molar-refractivity contribution in [3.8, 4) is 0 Å². The molecule has 0 aromatic rings. The third kappa shape index (κ3) is 9.70. The van der Waals surface area contributed by atoms with Crippen LogP contribution in [0.25, 0.3) is 0 Å². The van der Waals surface area contributed by atoms with Gasteiger partial charge in [0.05, 0.1) is 0 Å². The van der Waals surface area contributed by atoms with Crippen LogP contribution in [0.1, 0.15) is 44.7 Å². The SMILES string of the molecule is CCNCCCCNC[C@@H]1C[C@H]1CNCCCCNC.[HH].[HH].[HH].[HH]. The quantitative estimate of drug-likeness (QED) is 0.349. The molecule has 0 unspecified atom stereocenters. The fourth-order valence-corrected chi connectivity index (χ4v) is 2.61. The molecule has 0 heterocycles. The first-order valence-electron chi connectivity index (χ1n) is 8.65. The highest BCUT2D eigenvalue weighted by atomic mass is 14.9. The molecule has 1 saturated carbocycles. The predicted molar refractivity (Wildman–Crippen MR) is 96.7 cm³/mol. The van der Waals surface area contributed by atoms with Crippen LogP contribution >= 0.6 is 0 Å². The van der Waals surface area contributed by atoms with Gasteiger partial charge in [0.1, 0.15) is 0 Å². The van der Waals surface area contributed by atoms with Crippen LogP contribution in [0.2, 0.25) is 0 Å². The van der Waals surface area contributed by atoms with Crippen LogP contribution in [0.15, 0.2) is 0 Å². The van der Waals surface area contributed by atoms with Gasteiger partial charge in [-0.15, -0.1) is 0 Å². The van der Waals surface area contributed by atoms with E-state index < -0.39 is 0 Å². The summed E-state index contributed by atoms with van der Waals surface area (Å²) in [7, 11) is 2.02. The summed E-state index contributed by atoms with van der Waals surface area (Å²) < 4.78 is 0. The number of hydrogen-bond acceptors (Lipinski definition) is 4. The maximum Gasteiger partial charge on any atom is 0 e. The Kier molecular flexibility index (Phi) is 11.2. The van der Waals surface area contributed by atoms with E-state index in [1.54, 1.807) is 0 Å². The Bertz CT molecular complexity index is 226. The zero-order valence-electron chi connectivity index (χ0n) is 13.6. The van der Waals surface area contributed by atoms with Crippen molar-refractivity contribution in [2.24, 2.45) is 11.8 Å². The Morgan fingerprint density at radius 1 is 0.800 bits per heavy atom. The van der Waals surface area contributed by atoms with Gasteiger partial charge in [-0.25, -0.2) is 0 Å². The first-order chi connectivity index (χ1) is 9.88. The highest BCUT2D eigenvalue weighted by Gasteiger charge is 2.35. The number of rotatable bonds is 15. The van der Waals surface area contributed by atoms with E-state index in [0.29, 0.717) is 0 Å². The van der Waals surface area contributed by atoms with E-state index in [9.17, 15) is 0 Å². The smallest absolute Gasteiger partial charge is 0 e. The molecule has 20 heavy (non-hydrogen) atoms. The van der Waals surface area contributed by atoms with Gasteiger partial charge in [-0.1, -0.05) is 6.92 Å². The average molecular weight is 293 g/mol. The Hall–Kier alpha value is -0.160. The topological polar surface area (TPSA) is 48.1 Å². The van der Waals surface area contributed by atoms with E-state index in [1.165, 1.54) is 64.8 Å². The van der Waals surface area contributed by atoms with E-state index in [0.717, 1.165) is 24.9 Å². The lowest BCUT2D eigenvalue weighted by atomic mass is 10.2. The molecule has 0 aromatic carbocycles. The largest absolute Gasteiger partial charge is 0.320 e. The second kappa shape index (κ2) is 12.6. The van der Waals surface area contributed by atoms with E-state index in [2.05, 4.69) is 28.2 Å². The van der Waals surface area contributed by atoms with Gasteiger partial charge in [0.15, 0.2) is 0 Å². The maximum atomic E-state index is 3.61. The summed E-state index contributed by atoms with van der Waals surface area (Å²) in [4.78, 5) is 0. The molecule has 1 aliphatic rings. The van der Waals surface area contributed by atoms with Gasteiger partial charge < -0.3 is 21.3 Å². The van der Waals surface area contributed by atoms with Crippen molar-refractivity contribution < 1.29 is 5.71 Å². The van der Waals surface area contributed by atoms with Crippen LogP contribution in [-0.4, -0.2) is 52.9 Å². The summed E-state index contributed by atoms with van der Waals surface area (Å²) in [5, 5.41) is 13.8. The molecule has 128 valence electrons. The van der Waals surface area contributed by atoms with E-state index in [1.807, 2.05) is 7.05 Å². The van der Waals surface area contributed by atoms with Crippen LogP contribution in [0.4, 0.5) is 0 Å². The second-order valence-electron chi connectivity index (χ2n) is 6.04. The monoisotopic (exact) mass is 292 g/mol. The molecule has 1 rings (SSSR count). The molecule has 2 atom stereocenters. The summed E-state index contributed by atoms with van der Waals surface area (Å²) >= 11 is 0. The zero-order valence-corrected chi connectivity index (χ0v) is 13.6. The van der Waals surface area contributed by atoms with Crippen molar-refractivity contribution in [1.82, 2.24) is 21.3 Å². The normalized spacial score (nSPS) is 21.3.